The first-order valence-electron chi connectivity index (χ1n) is 9.85. The zero-order chi connectivity index (χ0) is 18.5. The van der Waals surface area contributed by atoms with Crippen LogP contribution in [0, 0.1) is 11.8 Å². The highest BCUT2D eigenvalue weighted by Gasteiger charge is 2.47. The first-order chi connectivity index (χ1) is 13.2. The number of Topliss-reactive ketones (excluding diaryl/α,β-unsaturated/α-hetero) is 2. The zero-order valence-corrected chi connectivity index (χ0v) is 16.2. The van der Waals surface area contributed by atoms with Gasteiger partial charge in [0.1, 0.15) is 5.92 Å². The number of hydrogen-bond acceptors (Lipinski definition) is 3. The summed E-state index contributed by atoms with van der Waals surface area (Å²) in [5.41, 5.74) is 3.20. The zero-order valence-electron chi connectivity index (χ0n) is 15.4. The third kappa shape index (κ3) is 2.68. The third-order valence-electron chi connectivity index (χ3n) is 6.35. The van der Waals surface area contributed by atoms with E-state index in [1.807, 2.05) is 0 Å². The minimum Gasteiger partial charge on any atom is -0.298 e. The van der Waals surface area contributed by atoms with E-state index >= 15 is 0 Å². The molecule has 0 amide bonds. The SMILES string of the molecule is CCc1ccc(-c2cc3ccccc3s2)cc1C1C(=O)[C@@H]2CC[C@@H](C2)C1=O. The second-order valence-corrected chi connectivity index (χ2v) is 8.94. The van der Waals surface area contributed by atoms with E-state index < -0.39 is 5.92 Å². The van der Waals surface area contributed by atoms with Gasteiger partial charge in [-0.05, 0) is 66.0 Å². The molecule has 0 spiro atoms. The summed E-state index contributed by atoms with van der Waals surface area (Å²) < 4.78 is 1.26. The number of aryl methyl sites for hydroxylation is 1. The molecule has 0 radical (unpaired) electrons. The first kappa shape index (κ1) is 16.9. The van der Waals surface area contributed by atoms with E-state index in [1.54, 1.807) is 11.3 Å². The summed E-state index contributed by atoms with van der Waals surface area (Å²) in [6, 6.07) is 17.0. The van der Waals surface area contributed by atoms with Gasteiger partial charge in [0.05, 0.1) is 0 Å². The van der Waals surface area contributed by atoms with Gasteiger partial charge in [-0.3, -0.25) is 9.59 Å². The fourth-order valence-corrected chi connectivity index (χ4v) is 5.94. The molecule has 5 rings (SSSR count). The molecule has 0 N–H and O–H groups in total. The van der Waals surface area contributed by atoms with Gasteiger partial charge in [0.2, 0.25) is 0 Å². The third-order valence-corrected chi connectivity index (χ3v) is 7.52. The van der Waals surface area contributed by atoms with Gasteiger partial charge in [-0.25, -0.2) is 0 Å². The summed E-state index contributed by atoms with van der Waals surface area (Å²) in [6.07, 6.45) is 3.41. The molecule has 0 saturated heterocycles. The molecular weight excluding hydrogens is 352 g/mol. The van der Waals surface area contributed by atoms with Crippen LogP contribution in [0.4, 0.5) is 0 Å². The molecule has 1 heterocycles. The highest BCUT2D eigenvalue weighted by atomic mass is 32.1. The smallest absolute Gasteiger partial charge is 0.150 e. The molecule has 2 nitrogen and oxygen atoms in total. The van der Waals surface area contributed by atoms with Crippen molar-refractivity contribution in [2.24, 2.45) is 11.8 Å². The van der Waals surface area contributed by atoms with E-state index in [9.17, 15) is 9.59 Å². The molecule has 2 aliphatic carbocycles. The molecular formula is C24H22O2S. The molecule has 1 unspecified atom stereocenters. The van der Waals surface area contributed by atoms with Crippen molar-refractivity contribution in [2.75, 3.05) is 0 Å². The number of fused-ring (bicyclic) bond motifs is 3. The predicted molar refractivity (Wildman–Crippen MR) is 110 cm³/mol. The Balaban J connectivity index is 1.62. The highest BCUT2D eigenvalue weighted by Crippen LogP contribution is 2.45. The second kappa shape index (κ2) is 6.42. The van der Waals surface area contributed by atoms with Gasteiger partial charge in [0, 0.05) is 21.4 Å². The molecule has 3 atom stereocenters. The van der Waals surface area contributed by atoms with Crippen LogP contribution in [0.25, 0.3) is 20.5 Å². The van der Waals surface area contributed by atoms with Crippen molar-refractivity contribution >= 4 is 33.0 Å². The quantitative estimate of drug-likeness (QED) is 0.544. The van der Waals surface area contributed by atoms with E-state index in [4.69, 9.17) is 0 Å². The number of hydrogen-bond donors (Lipinski definition) is 0. The van der Waals surface area contributed by atoms with Crippen molar-refractivity contribution in [3.63, 3.8) is 0 Å². The fraction of sp³-hybridized carbons (Fsp3) is 0.333. The van der Waals surface area contributed by atoms with Crippen molar-refractivity contribution < 1.29 is 9.59 Å². The van der Waals surface area contributed by atoms with Gasteiger partial charge in [-0.1, -0.05) is 37.3 Å². The van der Waals surface area contributed by atoms with Crippen molar-refractivity contribution in [3.8, 4) is 10.4 Å². The molecule has 2 aliphatic rings. The lowest BCUT2D eigenvalue weighted by molar-refractivity contribution is -0.135. The van der Waals surface area contributed by atoms with Crippen molar-refractivity contribution in [2.45, 2.75) is 38.5 Å². The summed E-state index contributed by atoms with van der Waals surface area (Å²) in [6.45, 7) is 2.10. The fourth-order valence-electron chi connectivity index (χ4n) is 4.88. The molecule has 3 aromatic rings. The van der Waals surface area contributed by atoms with Gasteiger partial charge in [-0.2, -0.15) is 0 Å². The number of ketones is 2. The van der Waals surface area contributed by atoms with Crippen LogP contribution in [0.5, 0.6) is 0 Å². The second-order valence-electron chi connectivity index (χ2n) is 7.86. The number of carbonyl (C=O) groups is 2. The van der Waals surface area contributed by atoms with E-state index in [0.29, 0.717) is 0 Å². The number of carbonyl (C=O) groups excluding carboxylic acids is 2. The summed E-state index contributed by atoms with van der Waals surface area (Å²) >= 11 is 1.76. The molecule has 2 aromatic carbocycles. The highest BCUT2D eigenvalue weighted by molar-refractivity contribution is 7.22. The Hall–Kier alpha value is -2.26. The van der Waals surface area contributed by atoms with Crippen molar-refractivity contribution in [3.05, 3.63) is 59.7 Å². The standard InChI is InChI=1S/C24H22O2S/c1-2-14-7-8-16(21-13-15-5-3-4-6-20(15)27-21)12-19(14)22-23(25)17-9-10-18(11-17)24(22)26/h3-8,12-13,17-18,22H,2,9-11H2,1H3/t17-,18+,22?. The Kier molecular flexibility index (Phi) is 4.01. The maximum absolute atomic E-state index is 13.0. The molecule has 2 bridgehead atoms. The van der Waals surface area contributed by atoms with Crippen molar-refractivity contribution in [1.82, 2.24) is 0 Å². The van der Waals surface area contributed by atoms with E-state index in [0.717, 1.165) is 42.4 Å². The van der Waals surface area contributed by atoms with Gasteiger partial charge in [-0.15, -0.1) is 11.3 Å². The molecule has 3 heteroatoms. The van der Waals surface area contributed by atoms with Gasteiger partial charge in [0.25, 0.3) is 0 Å². The Morgan fingerprint density at radius 3 is 2.41 bits per heavy atom. The Morgan fingerprint density at radius 1 is 0.963 bits per heavy atom. The van der Waals surface area contributed by atoms with Crippen LogP contribution in [0.3, 0.4) is 0 Å². The largest absolute Gasteiger partial charge is 0.298 e. The Labute approximate surface area is 163 Å². The molecule has 27 heavy (non-hydrogen) atoms. The molecule has 1 aromatic heterocycles. The van der Waals surface area contributed by atoms with Crippen molar-refractivity contribution in [1.29, 1.82) is 0 Å². The van der Waals surface area contributed by atoms with Gasteiger partial charge < -0.3 is 0 Å². The molecule has 0 aliphatic heterocycles. The predicted octanol–water partition coefficient (Wildman–Crippen LogP) is 5.78. The van der Waals surface area contributed by atoms with E-state index in [-0.39, 0.29) is 23.4 Å². The maximum Gasteiger partial charge on any atom is 0.150 e. The Morgan fingerprint density at radius 2 is 1.70 bits per heavy atom. The van der Waals surface area contributed by atoms with Crippen LogP contribution in [0.1, 0.15) is 43.2 Å². The minimum absolute atomic E-state index is 0.0930. The van der Waals surface area contributed by atoms with E-state index in [2.05, 4.69) is 55.5 Å². The Bertz CT molecular complexity index is 1010. The van der Waals surface area contributed by atoms with Gasteiger partial charge >= 0.3 is 0 Å². The molecule has 2 saturated carbocycles. The van der Waals surface area contributed by atoms with Crippen LogP contribution in [-0.4, -0.2) is 11.6 Å². The van der Waals surface area contributed by atoms with Crippen LogP contribution < -0.4 is 0 Å². The van der Waals surface area contributed by atoms with Crippen LogP contribution in [0.15, 0.2) is 48.5 Å². The maximum atomic E-state index is 13.0. The normalized spacial score (nSPS) is 24.7. The average molecular weight is 375 g/mol. The summed E-state index contributed by atoms with van der Waals surface area (Å²) in [5.74, 6) is -0.0276. The van der Waals surface area contributed by atoms with Crippen LogP contribution >= 0.6 is 11.3 Å². The average Bonchev–Trinajstić information content (AvgIpc) is 3.32. The van der Waals surface area contributed by atoms with Gasteiger partial charge in [0.15, 0.2) is 11.6 Å². The summed E-state index contributed by atoms with van der Waals surface area (Å²) in [7, 11) is 0. The minimum atomic E-state index is -0.541. The summed E-state index contributed by atoms with van der Waals surface area (Å²) in [4.78, 5) is 27.3. The lowest BCUT2D eigenvalue weighted by Gasteiger charge is -2.27. The first-order valence-corrected chi connectivity index (χ1v) is 10.7. The van der Waals surface area contributed by atoms with E-state index in [1.165, 1.54) is 15.0 Å². The number of thiophene rings is 1. The number of benzene rings is 2. The molecule has 2 fully saturated rings. The molecule has 136 valence electrons. The summed E-state index contributed by atoms with van der Waals surface area (Å²) in [5, 5.41) is 1.24. The topological polar surface area (TPSA) is 34.1 Å². The lowest BCUT2D eigenvalue weighted by Crippen LogP contribution is -2.35. The monoisotopic (exact) mass is 374 g/mol. The van der Waals surface area contributed by atoms with Crippen LogP contribution in [-0.2, 0) is 16.0 Å². The number of rotatable bonds is 3. The lowest BCUT2D eigenvalue weighted by atomic mass is 9.73. The van der Waals surface area contributed by atoms with Crippen LogP contribution in [0.2, 0.25) is 0 Å².